The summed E-state index contributed by atoms with van der Waals surface area (Å²) in [5, 5.41) is 15.9. The Balaban J connectivity index is 1.72. The van der Waals surface area contributed by atoms with Crippen molar-refractivity contribution in [3.05, 3.63) is 29.8 Å². The van der Waals surface area contributed by atoms with Crippen LogP contribution in [-0.4, -0.2) is 35.2 Å². The molecule has 3 aromatic rings. The molecule has 3 heterocycles. The van der Waals surface area contributed by atoms with Crippen LogP contribution >= 0.6 is 0 Å². The first-order chi connectivity index (χ1) is 11.0. The predicted molar refractivity (Wildman–Crippen MR) is 85.7 cm³/mol. The lowest BCUT2D eigenvalue weighted by atomic mass is 10.3. The first-order valence-electron chi connectivity index (χ1n) is 7.68. The third-order valence-electron chi connectivity index (χ3n) is 4.03. The van der Waals surface area contributed by atoms with Crippen molar-refractivity contribution in [3.63, 3.8) is 0 Å². The van der Waals surface area contributed by atoms with Crippen molar-refractivity contribution in [1.29, 1.82) is 0 Å². The molecule has 0 aromatic carbocycles. The lowest BCUT2D eigenvalue weighted by molar-refractivity contribution is -0.124. The molecule has 0 spiro atoms. The molecule has 0 fully saturated rings. The van der Waals surface area contributed by atoms with Gasteiger partial charge in [0.1, 0.15) is 17.1 Å². The highest BCUT2D eigenvalue weighted by atomic mass is 16.2. The number of amides is 1. The number of rotatable bonds is 5. The monoisotopic (exact) mass is 315 g/mol. The lowest BCUT2D eigenvalue weighted by Gasteiger charge is -2.13. The Kier molecular flexibility index (Phi) is 3.89. The number of hydrogen-bond acceptors (Lipinski definition) is 4. The van der Waals surface area contributed by atoms with Gasteiger partial charge in [-0.2, -0.15) is 15.3 Å². The van der Waals surface area contributed by atoms with E-state index >= 15 is 0 Å². The first-order valence-corrected chi connectivity index (χ1v) is 7.68. The summed E-state index contributed by atoms with van der Waals surface area (Å²) in [6.07, 6.45) is 3.60. The normalized spacial score (nSPS) is 12.7. The van der Waals surface area contributed by atoms with Crippen molar-refractivity contribution in [2.24, 2.45) is 7.05 Å². The van der Waals surface area contributed by atoms with Crippen molar-refractivity contribution in [1.82, 2.24) is 34.7 Å². The second kappa shape index (κ2) is 5.86. The highest BCUT2D eigenvalue weighted by molar-refractivity contribution is 5.81. The highest BCUT2D eigenvalue weighted by Crippen LogP contribution is 2.17. The number of carbonyl (C=O) groups excluding carboxylic acids is 1. The molecule has 1 amide bonds. The Morgan fingerprint density at radius 1 is 1.39 bits per heavy atom. The summed E-state index contributed by atoms with van der Waals surface area (Å²) < 4.78 is 5.33. The van der Waals surface area contributed by atoms with Crippen LogP contribution in [0.15, 0.2) is 18.5 Å². The van der Waals surface area contributed by atoms with Crippen molar-refractivity contribution in [2.45, 2.75) is 39.9 Å². The highest BCUT2D eigenvalue weighted by Gasteiger charge is 2.19. The van der Waals surface area contributed by atoms with Gasteiger partial charge in [0.05, 0.1) is 24.1 Å². The molecule has 0 saturated carbocycles. The van der Waals surface area contributed by atoms with Crippen LogP contribution in [0.1, 0.15) is 31.3 Å². The summed E-state index contributed by atoms with van der Waals surface area (Å²) in [6, 6.07) is 1.52. The molecule has 8 nitrogen and oxygen atoms in total. The number of aryl methyl sites for hydroxylation is 3. The van der Waals surface area contributed by atoms with E-state index in [-0.39, 0.29) is 11.9 Å². The van der Waals surface area contributed by atoms with E-state index in [0.717, 1.165) is 29.0 Å². The quantitative estimate of drug-likeness (QED) is 0.766. The van der Waals surface area contributed by atoms with Gasteiger partial charge in [0.15, 0.2) is 0 Å². The number of carbonyl (C=O) groups is 1. The molecule has 0 aliphatic carbocycles. The average molecular weight is 315 g/mol. The molecular weight excluding hydrogens is 294 g/mol. The SMILES string of the molecule is CCn1nccc1CNC(=O)C(C)n1cc2c(n1)c(C)nn2C. The van der Waals surface area contributed by atoms with E-state index in [2.05, 4.69) is 20.6 Å². The minimum Gasteiger partial charge on any atom is -0.349 e. The van der Waals surface area contributed by atoms with Crippen LogP contribution in [0.4, 0.5) is 0 Å². The summed E-state index contributed by atoms with van der Waals surface area (Å²) in [4.78, 5) is 12.4. The molecular formula is C15H21N7O. The van der Waals surface area contributed by atoms with Gasteiger partial charge in [0, 0.05) is 19.8 Å². The minimum absolute atomic E-state index is 0.0766. The summed E-state index contributed by atoms with van der Waals surface area (Å²) in [7, 11) is 1.87. The third kappa shape index (κ3) is 2.71. The van der Waals surface area contributed by atoms with Gasteiger partial charge in [-0.25, -0.2) is 0 Å². The van der Waals surface area contributed by atoms with E-state index in [1.54, 1.807) is 15.6 Å². The Morgan fingerprint density at radius 2 is 2.17 bits per heavy atom. The van der Waals surface area contributed by atoms with Crippen LogP contribution in [0.5, 0.6) is 0 Å². The predicted octanol–water partition coefficient (Wildman–Crippen LogP) is 1.17. The average Bonchev–Trinajstić information content (AvgIpc) is 3.22. The van der Waals surface area contributed by atoms with Crippen LogP contribution in [0.3, 0.4) is 0 Å². The van der Waals surface area contributed by atoms with Crippen LogP contribution in [0, 0.1) is 6.92 Å². The molecule has 8 heteroatoms. The number of fused-ring (bicyclic) bond motifs is 1. The summed E-state index contributed by atoms with van der Waals surface area (Å²) in [5.74, 6) is -0.0766. The van der Waals surface area contributed by atoms with Gasteiger partial charge >= 0.3 is 0 Å². The summed E-state index contributed by atoms with van der Waals surface area (Å²) >= 11 is 0. The van der Waals surface area contributed by atoms with Gasteiger partial charge in [-0.1, -0.05) is 0 Å². The molecule has 3 aromatic heterocycles. The molecule has 0 saturated heterocycles. The second-order valence-corrected chi connectivity index (χ2v) is 5.58. The lowest BCUT2D eigenvalue weighted by Crippen LogP contribution is -2.31. The summed E-state index contributed by atoms with van der Waals surface area (Å²) in [5.41, 5.74) is 3.60. The molecule has 1 unspecified atom stereocenters. The van der Waals surface area contributed by atoms with E-state index in [0.29, 0.717) is 6.54 Å². The Hall–Kier alpha value is -2.64. The molecule has 0 aliphatic rings. The van der Waals surface area contributed by atoms with Gasteiger partial charge in [-0.05, 0) is 26.8 Å². The van der Waals surface area contributed by atoms with E-state index < -0.39 is 0 Å². The van der Waals surface area contributed by atoms with Crippen LogP contribution < -0.4 is 5.32 Å². The number of aromatic nitrogens is 6. The topological polar surface area (TPSA) is 82.6 Å². The van der Waals surface area contributed by atoms with Gasteiger partial charge in [0.2, 0.25) is 5.91 Å². The standard InChI is InChI=1S/C15H21N7O/c1-5-21-12(6-7-17-21)8-16-15(23)11(3)22-9-13-14(19-22)10(2)18-20(13)4/h6-7,9,11H,5,8H2,1-4H3,(H,16,23). The smallest absolute Gasteiger partial charge is 0.244 e. The van der Waals surface area contributed by atoms with Gasteiger partial charge < -0.3 is 5.32 Å². The maximum Gasteiger partial charge on any atom is 0.244 e. The minimum atomic E-state index is -0.389. The maximum absolute atomic E-state index is 12.4. The molecule has 1 N–H and O–H groups in total. The van der Waals surface area contributed by atoms with Gasteiger partial charge in [-0.15, -0.1) is 0 Å². The zero-order valence-electron chi connectivity index (χ0n) is 13.8. The first kappa shape index (κ1) is 15.3. The number of nitrogens with zero attached hydrogens (tertiary/aromatic N) is 6. The largest absolute Gasteiger partial charge is 0.349 e. The third-order valence-corrected chi connectivity index (χ3v) is 4.03. The van der Waals surface area contributed by atoms with Crippen LogP contribution in [-0.2, 0) is 24.9 Å². The van der Waals surface area contributed by atoms with Crippen molar-refractivity contribution >= 4 is 16.9 Å². The summed E-state index contributed by atoms with van der Waals surface area (Å²) in [6.45, 7) is 7.01. The molecule has 122 valence electrons. The number of nitrogens with one attached hydrogen (secondary N) is 1. The van der Waals surface area contributed by atoms with E-state index in [9.17, 15) is 4.79 Å². The zero-order valence-corrected chi connectivity index (χ0v) is 13.8. The van der Waals surface area contributed by atoms with Crippen LogP contribution in [0.2, 0.25) is 0 Å². The molecule has 23 heavy (non-hydrogen) atoms. The fourth-order valence-electron chi connectivity index (χ4n) is 2.64. The van der Waals surface area contributed by atoms with Gasteiger partial charge in [-0.3, -0.25) is 18.8 Å². The second-order valence-electron chi connectivity index (χ2n) is 5.58. The molecule has 0 aliphatic heterocycles. The zero-order chi connectivity index (χ0) is 16.6. The van der Waals surface area contributed by atoms with Crippen molar-refractivity contribution in [2.75, 3.05) is 0 Å². The molecule has 0 radical (unpaired) electrons. The Morgan fingerprint density at radius 3 is 2.87 bits per heavy atom. The molecule has 1 atom stereocenters. The van der Waals surface area contributed by atoms with Gasteiger partial charge in [0.25, 0.3) is 0 Å². The Bertz CT molecular complexity index is 807. The fourth-order valence-corrected chi connectivity index (χ4v) is 2.64. The molecule has 0 bridgehead atoms. The fraction of sp³-hybridized carbons (Fsp3) is 0.467. The van der Waals surface area contributed by atoms with E-state index in [1.807, 2.05) is 44.8 Å². The Labute approximate surface area is 134 Å². The maximum atomic E-state index is 12.4. The van der Waals surface area contributed by atoms with E-state index in [4.69, 9.17) is 0 Å². The van der Waals surface area contributed by atoms with Crippen molar-refractivity contribution in [3.8, 4) is 0 Å². The van der Waals surface area contributed by atoms with Crippen molar-refractivity contribution < 1.29 is 4.79 Å². The van der Waals surface area contributed by atoms with E-state index in [1.165, 1.54) is 0 Å². The van der Waals surface area contributed by atoms with Crippen LogP contribution in [0.25, 0.3) is 11.0 Å². The molecule has 3 rings (SSSR count). The number of hydrogen-bond donors (Lipinski definition) is 1.